The first-order chi connectivity index (χ1) is 10.3. The smallest absolute Gasteiger partial charge is 0.0594 e. The van der Waals surface area contributed by atoms with Crippen molar-refractivity contribution in [3.05, 3.63) is 0 Å². The second-order valence-electron chi connectivity index (χ2n) is 7.34. The summed E-state index contributed by atoms with van der Waals surface area (Å²) in [6.07, 6.45) is 8.07. The molecule has 21 heavy (non-hydrogen) atoms. The van der Waals surface area contributed by atoms with Crippen LogP contribution in [0, 0.1) is 5.92 Å². The average Bonchev–Trinajstić information content (AvgIpc) is 3.06. The van der Waals surface area contributed by atoms with E-state index in [0.29, 0.717) is 5.54 Å². The number of rotatable bonds is 4. The molecular weight excluding hydrogens is 262 g/mol. The minimum Gasteiger partial charge on any atom is -0.379 e. The van der Waals surface area contributed by atoms with Gasteiger partial charge in [-0.15, -0.1) is 0 Å². The van der Waals surface area contributed by atoms with E-state index in [-0.39, 0.29) is 0 Å². The van der Waals surface area contributed by atoms with Gasteiger partial charge in [-0.3, -0.25) is 9.80 Å². The van der Waals surface area contributed by atoms with Crippen LogP contribution in [0.1, 0.15) is 45.4 Å². The van der Waals surface area contributed by atoms with E-state index in [1.807, 2.05) is 0 Å². The van der Waals surface area contributed by atoms with Gasteiger partial charge in [-0.2, -0.15) is 0 Å². The molecule has 3 unspecified atom stereocenters. The highest BCUT2D eigenvalue weighted by atomic mass is 16.5. The van der Waals surface area contributed by atoms with Gasteiger partial charge in [0, 0.05) is 44.3 Å². The molecule has 4 nitrogen and oxygen atoms in total. The lowest BCUT2D eigenvalue weighted by atomic mass is 9.74. The maximum atomic E-state index is 6.28. The monoisotopic (exact) mass is 295 g/mol. The fourth-order valence-electron chi connectivity index (χ4n) is 4.82. The Morgan fingerprint density at radius 3 is 2.71 bits per heavy atom. The van der Waals surface area contributed by atoms with Crippen LogP contribution in [0.3, 0.4) is 0 Å². The van der Waals surface area contributed by atoms with Crippen LogP contribution in [0.4, 0.5) is 0 Å². The van der Waals surface area contributed by atoms with Gasteiger partial charge in [0.15, 0.2) is 0 Å². The van der Waals surface area contributed by atoms with E-state index in [2.05, 4.69) is 16.7 Å². The molecule has 3 aliphatic rings. The normalized spacial score (nSPS) is 39.7. The van der Waals surface area contributed by atoms with Crippen molar-refractivity contribution in [3.63, 3.8) is 0 Å². The van der Waals surface area contributed by atoms with Crippen LogP contribution < -0.4 is 5.73 Å². The summed E-state index contributed by atoms with van der Waals surface area (Å²) in [5, 5.41) is 0. The summed E-state index contributed by atoms with van der Waals surface area (Å²) in [5.74, 6) is 0.893. The highest BCUT2D eigenvalue weighted by Crippen LogP contribution is 2.39. The van der Waals surface area contributed by atoms with E-state index >= 15 is 0 Å². The van der Waals surface area contributed by atoms with E-state index in [1.165, 1.54) is 51.6 Å². The number of nitrogens with two attached hydrogens (primary N) is 1. The maximum absolute atomic E-state index is 6.28. The Balaban J connectivity index is 1.62. The summed E-state index contributed by atoms with van der Waals surface area (Å²) in [4.78, 5) is 5.41. The Morgan fingerprint density at radius 1 is 1.19 bits per heavy atom. The molecule has 2 saturated heterocycles. The average molecular weight is 295 g/mol. The minimum absolute atomic E-state index is 0.306. The lowest BCUT2D eigenvalue weighted by molar-refractivity contribution is 0.00905. The van der Waals surface area contributed by atoms with Crippen molar-refractivity contribution in [1.82, 2.24) is 9.80 Å². The predicted molar refractivity (Wildman–Crippen MR) is 86.4 cm³/mol. The highest BCUT2D eigenvalue weighted by molar-refractivity contribution is 5.00. The number of nitrogens with zero attached hydrogens (tertiary/aromatic N) is 2. The largest absolute Gasteiger partial charge is 0.379 e. The molecular formula is C17H33N3O. The summed E-state index contributed by atoms with van der Waals surface area (Å²) < 4.78 is 5.50. The molecule has 0 aromatic heterocycles. The zero-order valence-electron chi connectivity index (χ0n) is 13.7. The van der Waals surface area contributed by atoms with E-state index in [1.54, 1.807) is 0 Å². The standard InChI is InChI=1S/C17H33N3O/c1-2-15-4-3-6-17(12-15,14-18)20-7-5-16(13-20)19-8-10-21-11-9-19/h15-16H,2-14,18H2,1H3. The zero-order chi connectivity index (χ0) is 14.7. The van der Waals surface area contributed by atoms with Crippen molar-refractivity contribution in [2.24, 2.45) is 11.7 Å². The fraction of sp³-hybridized carbons (Fsp3) is 1.00. The van der Waals surface area contributed by atoms with E-state index in [4.69, 9.17) is 10.5 Å². The lowest BCUT2D eigenvalue weighted by Crippen LogP contribution is -2.56. The lowest BCUT2D eigenvalue weighted by Gasteiger charge is -2.47. The van der Waals surface area contributed by atoms with Gasteiger partial charge in [-0.25, -0.2) is 0 Å². The third-order valence-electron chi connectivity index (χ3n) is 6.28. The second-order valence-corrected chi connectivity index (χ2v) is 7.34. The summed E-state index contributed by atoms with van der Waals surface area (Å²) in [6, 6.07) is 0.735. The van der Waals surface area contributed by atoms with Gasteiger partial charge in [-0.05, 0) is 25.2 Å². The third kappa shape index (κ3) is 3.29. The molecule has 2 aliphatic heterocycles. The summed E-state index contributed by atoms with van der Waals surface area (Å²) in [5.41, 5.74) is 6.59. The molecule has 3 atom stereocenters. The SMILES string of the molecule is CCC1CCCC(CN)(N2CCC(N3CCOCC3)C2)C1. The Hall–Kier alpha value is -0.160. The number of hydrogen-bond acceptors (Lipinski definition) is 4. The van der Waals surface area contributed by atoms with E-state index in [0.717, 1.165) is 44.8 Å². The van der Waals surface area contributed by atoms with Crippen LogP contribution in [0.5, 0.6) is 0 Å². The third-order valence-corrected chi connectivity index (χ3v) is 6.28. The van der Waals surface area contributed by atoms with Crippen LogP contribution in [-0.4, -0.2) is 67.3 Å². The Labute approximate surface area is 130 Å². The molecule has 4 heteroatoms. The van der Waals surface area contributed by atoms with Crippen molar-refractivity contribution in [1.29, 1.82) is 0 Å². The van der Waals surface area contributed by atoms with Gasteiger partial charge in [-0.1, -0.05) is 26.2 Å². The first kappa shape index (κ1) is 15.7. The Bertz CT molecular complexity index is 332. The van der Waals surface area contributed by atoms with Crippen molar-refractivity contribution in [3.8, 4) is 0 Å². The molecule has 122 valence electrons. The first-order valence-electron chi connectivity index (χ1n) is 9.04. The zero-order valence-corrected chi connectivity index (χ0v) is 13.7. The molecule has 1 saturated carbocycles. The summed E-state index contributed by atoms with van der Waals surface area (Å²) >= 11 is 0. The first-order valence-corrected chi connectivity index (χ1v) is 9.04. The van der Waals surface area contributed by atoms with Crippen molar-refractivity contribution < 1.29 is 4.74 Å². The highest BCUT2D eigenvalue weighted by Gasteiger charge is 2.43. The van der Waals surface area contributed by atoms with Gasteiger partial charge >= 0.3 is 0 Å². The van der Waals surface area contributed by atoms with Crippen LogP contribution in [0.25, 0.3) is 0 Å². The summed E-state index contributed by atoms with van der Waals surface area (Å²) in [6.45, 7) is 9.73. The van der Waals surface area contributed by atoms with Gasteiger partial charge in [0.25, 0.3) is 0 Å². The van der Waals surface area contributed by atoms with Crippen molar-refractivity contribution in [2.45, 2.75) is 57.0 Å². The van der Waals surface area contributed by atoms with Crippen molar-refractivity contribution >= 4 is 0 Å². The second kappa shape index (κ2) is 6.95. The van der Waals surface area contributed by atoms with Gasteiger partial charge in [0.1, 0.15) is 0 Å². The van der Waals surface area contributed by atoms with E-state index < -0.39 is 0 Å². The Kier molecular flexibility index (Phi) is 5.20. The number of likely N-dealkylation sites (tertiary alicyclic amines) is 1. The molecule has 2 heterocycles. The number of morpholine rings is 1. The van der Waals surface area contributed by atoms with Crippen molar-refractivity contribution in [2.75, 3.05) is 45.9 Å². The molecule has 3 fully saturated rings. The molecule has 0 aromatic rings. The molecule has 0 aromatic carbocycles. The van der Waals surface area contributed by atoms with Crippen LogP contribution in [-0.2, 0) is 4.74 Å². The quantitative estimate of drug-likeness (QED) is 0.857. The van der Waals surface area contributed by atoms with Crippen LogP contribution in [0.2, 0.25) is 0 Å². The van der Waals surface area contributed by atoms with Crippen LogP contribution >= 0.6 is 0 Å². The minimum atomic E-state index is 0.306. The van der Waals surface area contributed by atoms with Gasteiger partial charge in [0.2, 0.25) is 0 Å². The van der Waals surface area contributed by atoms with Gasteiger partial charge < -0.3 is 10.5 Å². The Morgan fingerprint density at radius 2 is 2.00 bits per heavy atom. The molecule has 0 spiro atoms. The number of ether oxygens (including phenoxy) is 1. The fourth-order valence-corrected chi connectivity index (χ4v) is 4.82. The molecule has 3 rings (SSSR count). The molecule has 0 radical (unpaired) electrons. The molecule has 0 bridgehead atoms. The maximum Gasteiger partial charge on any atom is 0.0594 e. The van der Waals surface area contributed by atoms with Gasteiger partial charge in [0.05, 0.1) is 13.2 Å². The molecule has 2 N–H and O–H groups in total. The van der Waals surface area contributed by atoms with Crippen LogP contribution in [0.15, 0.2) is 0 Å². The van der Waals surface area contributed by atoms with E-state index in [9.17, 15) is 0 Å². The summed E-state index contributed by atoms with van der Waals surface area (Å²) in [7, 11) is 0. The number of hydrogen-bond donors (Lipinski definition) is 1. The molecule has 0 amide bonds. The topological polar surface area (TPSA) is 41.7 Å². The predicted octanol–water partition coefficient (Wildman–Crippen LogP) is 1.69. The molecule has 1 aliphatic carbocycles.